The third kappa shape index (κ3) is 4.74. The van der Waals surface area contributed by atoms with Crippen molar-refractivity contribution < 1.29 is 19.0 Å². The van der Waals surface area contributed by atoms with Gasteiger partial charge in [-0.3, -0.25) is 5.43 Å². The summed E-state index contributed by atoms with van der Waals surface area (Å²) in [5.41, 5.74) is 8.09. The number of nitrogens with one attached hydrogen (secondary N) is 1. The second-order valence-electron chi connectivity index (χ2n) is 4.91. The van der Waals surface area contributed by atoms with E-state index < -0.39 is 23.4 Å². The van der Waals surface area contributed by atoms with Crippen molar-refractivity contribution in [2.75, 3.05) is 0 Å². The summed E-state index contributed by atoms with van der Waals surface area (Å²) in [5.74, 6) is 8.19. The van der Waals surface area contributed by atoms with Crippen LogP contribution in [0.3, 0.4) is 0 Å². The van der Waals surface area contributed by atoms with Gasteiger partial charge in [0.05, 0.1) is 11.6 Å². The number of halogens is 1. The molecule has 2 aromatic rings. The van der Waals surface area contributed by atoms with Crippen molar-refractivity contribution >= 4 is 5.97 Å². The van der Waals surface area contributed by atoms with E-state index in [1.807, 2.05) is 11.5 Å². The molecule has 6 N–H and O–H groups in total. The number of hydrogen-bond donors (Lipinski definition) is 4. The van der Waals surface area contributed by atoms with Crippen LogP contribution in [0.15, 0.2) is 54.0 Å². The van der Waals surface area contributed by atoms with Gasteiger partial charge in [0.1, 0.15) is 11.6 Å². The number of carboxylic acids is 1. The molecule has 7 nitrogen and oxygen atoms in total. The minimum Gasteiger partial charge on any atom is -0.476 e. The Morgan fingerprint density at radius 2 is 1.73 bits per heavy atom. The van der Waals surface area contributed by atoms with E-state index in [2.05, 4.69) is 11.8 Å². The maximum absolute atomic E-state index is 13.8. The van der Waals surface area contributed by atoms with Gasteiger partial charge in [0.15, 0.2) is 5.70 Å². The summed E-state index contributed by atoms with van der Waals surface area (Å²) in [6.07, 6.45) is 0. The zero-order valence-corrected chi connectivity index (χ0v) is 13.3. The fraction of sp³-hybridized carbons (Fsp3) is 0. The van der Waals surface area contributed by atoms with Gasteiger partial charge in [0.2, 0.25) is 5.88 Å². The molecule has 0 unspecified atom stereocenters. The molecule has 26 heavy (non-hydrogen) atoms. The molecule has 2 aromatic carbocycles. The highest BCUT2D eigenvalue weighted by atomic mass is 19.1. The van der Waals surface area contributed by atoms with E-state index in [0.29, 0.717) is 11.1 Å². The van der Waals surface area contributed by atoms with Crippen LogP contribution in [-0.4, -0.2) is 11.1 Å². The SMILES string of the molecule is N#Cc1ccc(C#Cc2cc(F)cc(O/C(NN)=C(/N)C(=O)O)c2)cc1. The maximum Gasteiger partial charge on any atom is 0.357 e. The molecule has 0 saturated heterocycles. The molecular formula is C18H13FN4O3. The van der Waals surface area contributed by atoms with Gasteiger partial charge in [0.25, 0.3) is 0 Å². The lowest BCUT2D eigenvalue weighted by Gasteiger charge is -2.11. The molecule has 2 rings (SSSR count). The largest absolute Gasteiger partial charge is 0.476 e. The summed E-state index contributed by atoms with van der Waals surface area (Å²) in [6.45, 7) is 0. The third-order valence-corrected chi connectivity index (χ3v) is 3.06. The van der Waals surface area contributed by atoms with E-state index in [-0.39, 0.29) is 11.3 Å². The molecule has 0 aliphatic heterocycles. The first-order chi connectivity index (χ1) is 12.4. The minimum atomic E-state index is -1.45. The number of nitriles is 1. The number of nitrogens with zero attached hydrogens (tertiary/aromatic N) is 1. The van der Waals surface area contributed by atoms with Crippen molar-refractivity contribution in [3.05, 3.63) is 76.6 Å². The van der Waals surface area contributed by atoms with Crippen LogP contribution in [0.4, 0.5) is 4.39 Å². The number of hydrazine groups is 1. The van der Waals surface area contributed by atoms with Gasteiger partial charge in [-0.15, -0.1) is 0 Å². The summed E-state index contributed by atoms with van der Waals surface area (Å²) in [7, 11) is 0. The lowest BCUT2D eigenvalue weighted by molar-refractivity contribution is -0.132. The summed E-state index contributed by atoms with van der Waals surface area (Å²) in [4.78, 5) is 10.9. The number of benzene rings is 2. The molecule has 0 bridgehead atoms. The highest BCUT2D eigenvalue weighted by Crippen LogP contribution is 2.18. The Bertz CT molecular complexity index is 967. The summed E-state index contributed by atoms with van der Waals surface area (Å²) < 4.78 is 19.0. The Morgan fingerprint density at radius 3 is 2.31 bits per heavy atom. The molecule has 0 aliphatic rings. The monoisotopic (exact) mass is 352 g/mol. The molecule has 0 aromatic heterocycles. The number of ether oxygens (including phenoxy) is 1. The Labute approximate surface area is 148 Å². The molecule has 0 spiro atoms. The standard InChI is InChI=1S/C18H13FN4O3/c19-14-7-13(6-3-11-1-4-12(10-20)5-2-11)8-15(9-14)26-17(23-22)16(21)18(24)25/h1-2,4-5,7-9,23H,21-22H2,(H,24,25)/b17-16+. The molecule has 0 fully saturated rings. The van der Waals surface area contributed by atoms with E-state index in [0.717, 1.165) is 6.07 Å². The summed E-state index contributed by atoms with van der Waals surface area (Å²) >= 11 is 0. The fourth-order valence-electron chi connectivity index (χ4n) is 1.84. The van der Waals surface area contributed by atoms with Crippen LogP contribution in [0.25, 0.3) is 0 Å². The van der Waals surface area contributed by atoms with E-state index in [1.54, 1.807) is 24.3 Å². The number of hydrogen-bond acceptors (Lipinski definition) is 6. The van der Waals surface area contributed by atoms with Crippen LogP contribution in [0.2, 0.25) is 0 Å². The highest BCUT2D eigenvalue weighted by molar-refractivity contribution is 5.85. The average molecular weight is 352 g/mol. The lowest BCUT2D eigenvalue weighted by Crippen LogP contribution is -2.31. The molecule has 0 amide bonds. The molecule has 8 heteroatoms. The Morgan fingerprint density at radius 1 is 1.12 bits per heavy atom. The number of nitrogens with two attached hydrogens (primary N) is 2. The van der Waals surface area contributed by atoms with Crippen molar-refractivity contribution in [3.8, 4) is 23.7 Å². The van der Waals surface area contributed by atoms with E-state index in [9.17, 15) is 9.18 Å². The minimum absolute atomic E-state index is 0.0359. The van der Waals surface area contributed by atoms with Gasteiger partial charge in [-0.05, 0) is 36.4 Å². The van der Waals surface area contributed by atoms with Crippen molar-refractivity contribution in [3.63, 3.8) is 0 Å². The number of carboxylic acid groups (broad SMARTS) is 1. The van der Waals surface area contributed by atoms with Gasteiger partial charge in [-0.2, -0.15) is 5.26 Å². The third-order valence-electron chi connectivity index (χ3n) is 3.06. The molecule has 0 radical (unpaired) electrons. The summed E-state index contributed by atoms with van der Waals surface area (Å²) in [5, 5.41) is 17.6. The van der Waals surface area contributed by atoms with Gasteiger partial charge in [-0.25, -0.2) is 15.0 Å². The van der Waals surface area contributed by atoms with E-state index >= 15 is 0 Å². The van der Waals surface area contributed by atoms with Crippen molar-refractivity contribution in [2.45, 2.75) is 0 Å². The average Bonchev–Trinajstić information content (AvgIpc) is 2.63. The van der Waals surface area contributed by atoms with Crippen molar-refractivity contribution in [2.24, 2.45) is 11.6 Å². The predicted molar refractivity (Wildman–Crippen MR) is 90.3 cm³/mol. The molecule has 0 aliphatic carbocycles. The van der Waals surface area contributed by atoms with Crippen LogP contribution in [0.5, 0.6) is 5.75 Å². The van der Waals surface area contributed by atoms with Crippen LogP contribution in [0, 0.1) is 29.0 Å². The van der Waals surface area contributed by atoms with Crippen LogP contribution < -0.4 is 21.7 Å². The topological polar surface area (TPSA) is 134 Å². The maximum atomic E-state index is 13.8. The van der Waals surface area contributed by atoms with E-state index in [4.69, 9.17) is 26.7 Å². The highest BCUT2D eigenvalue weighted by Gasteiger charge is 2.13. The van der Waals surface area contributed by atoms with Crippen LogP contribution >= 0.6 is 0 Å². The zero-order chi connectivity index (χ0) is 19.1. The Balaban J connectivity index is 2.30. The van der Waals surface area contributed by atoms with Crippen molar-refractivity contribution in [1.29, 1.82) is 5.26 Å². The molecule has 130 valence electrons. The van der Waals surface area contributed by atoms with E-state index in [1.165, 1.54) is 12.1 Å². The first-order valence-electron chi connectivity index (χ1n) is 7.13. The van der Waals surface area contributed by atoms with Gasteiger partial charge in [-0.1, -0.05) is 11.8 Å². The quantitative estimate of drug-likeness (QED) is 0.213. The first-order valence-corrected chi connectivity index (χ1v) is 7.13. The normalized spacial score (nSPS) is 10.7. The van der Waals surface area contributed by atoms with Crippen molar-refractivity contribution in [1.82, 2.24) is 5.43 Å². The molecule has 0 heterocycles. The molecule has 0 saturated carbocycles. The molecular weight excluding hydrogens is 339 g/mol. The second-order valence-corrected chi connectivity index (χ2v) is 4.91. The number of rotatable bonds is 4. The van der Waals surface area contributed by atoms with Gasteiger partial charge < -0.3 is 15.6 Å². The number of carbonyl (C=O) groups is 1. The number of aliphatic carboxylic acids is 1. The first kappa shape index (κ1) is 18.3. The van der Waals surface area contributed by atoms with Crippen LogP contribution in [-0.2, 0) is 4.79 Å². The fourth-order valence-corrected chi connectivity index (χ4v) is 1.84. The van der Waals surface area contributed by atoms with Gasteiger partial charge >= 0.3 is 5.97 Å². The zero-order valence-electron chi connectivity index (χ0n) is 13.3. The predicted octanol–water partition coefficient (Wildman–Crippen LogP) is 1.15. The Kier molecular flexibility index (Phi) is 5.78. The molecule has 0 atom stereocenters. The van der Waals surface area contributed by atoms with Gasteiger partial charge in [0, 0.05) is 17.2 Å². The smallest absolute Gasteiger partial charge is 0.357 e. The summed E-state index contributed by atoms with van der Waals surface area (Å²) in [6, 6.07) is 12.2. The Hall–Kier alpha value is -4.01. The van der Waals surface area contributed by atoms with Crippen LogP contribution in [0.1, 0.15) is 16.7 Å². The lowest BCUT2D eigenvalue weighted by atomic mass is 10.1. The second kappa shape index (κ2) is 8.20.